The third-order valence-corrected chi connectivity index (χ3v) is 13.8. The van der Waals surface area contributed by atoms with Crippen molar-refractivity contribution in [2.24, 2.45) is 0 Å². The topological polar surface area (TPSA) is 196 Å². The fraction of sp³-hybridized carbons (Fsp3) is 0.500. The number of ether oxygens (including phenoxy) is 5. The molecule has 4 atom stereocenters. The number of halogens is 6. The van der Waals surface area contributed by atoms with Gasteiger partial charge in [-0.15, -0.1) is 0 Å². The molecule has 534 valence electrons. The van der Waals surface area contributed by atoms with Gasteiger partial charge in [0, 0.05) is 134 Å². The molecule has 4 aromatic carbocycles. The third-order valence-electron chi connectivity index (χ3n) is 13.8. The standard InChI is InChI=1S/C34H42F3NO6.C22H22F2O3.C12H22FNO4.23H2/c1-32(2,3)44-31(41)38(6)27(21-33(4,5)35)29(39)43-28(30(40)42-22-24-10-8-7-9-11-24)20-23-12-14-25(15-13-23)26-16-18-34(36,37)19-17-26;23-22(24)12-10-19(11-13-22)18-8-6-16(7-9-18)14-20(25)21(26)27-15-17-4-2-1-3-5-17;1-11(2,3)18-10(17)14(6)8(9(15)16)7-12(4,5)13;;;;;;;;;;;;;;;;;;;;;;;/h7-16,27-28H,17-22H2,1-6H3;1-10,20,25H,11-15H2;8H,7H2,1-6H3,(H,15,16);23*1H/t27-,28+;20-;8-;;;;;;;;;;;;;;;;;;;;;;;/m010......................./s1/i;;;23*1+1D. The predicted octanol–water partition coefficient (Wildman–Crippen LogP) is 20.1. The number of alkyl halides is 6. The largest absolute Gasteiger partial charge is 0.480 e. The van der Waals surface area contributed by atoms with E-state index in [9.17, 15) is 60.2 Å². The second-order valence-corrected chi connectivity index (χ2v) is 25.4. The van der Waals surface area contributed by atoms with Gasteiger partial charge in [0.2, 0.25) is 6.10 Å². The van der Waals surface area contributed by atoms with Crippen molar-refractivity contribution in [2.45, 2.75) is 205 Å². The lowest BCUT2D eigenvalue weighted by atomic mass is 9.91. The smallest absolute Gasteiger partial charge is 0.410 e. The van der Waals surface area contributed by atoms with Gasteiger partial charge in [-0.3, -0.25) is 9.80 Å². The molecule has 2 aliphatic rings. The lowest BCUT2D eigenvalue weighted by molar-refractivity contribution is -0.172. The van der Waals surface area contributed by atoms with Gasteiger partial charge in [-0.2, -0.15) is 0 Å². The van der Waals surface area contributed by atoms with Crippen LogP contribution in [-0.4, -0.2) is 129 Å². The van der Waals surface area contributed by atoms with Crippen LogP contribution < -0.4 is 0 Å². The Balaban J connectivity index is -0.0000000698. The number of carbonyl (C=O) groups is 6. The van der Waals surface area contributed by atoms with Gasteiger partial charge < -0.3 is 33.9 Å². The van der Waals surface area contributed by atoms with Gasteiger partial charge in [-0.05, 0) is 127 Å². The monoisotopic (exact) mass is 1350 g/mol. The highest BCUT2D eigenvalue weighted by molar-refractivity contribution is 5.85. The highest BCUT2D eigenvalue weighted by atomic mass is 19.3. The van der Waals surface area contributed by atoms with Crippen LogP contribution in [0.25, 0.3) is 11.1 Å². The van der Waals surface area contributed by atoms with Crippen LogP contribution in [-0.2, 0) is 68.9 Å². The molecule has 0 aliphatic heterocycles. The first kappa shape index (κ1) is 45.5. The van der Waals surface area contributed by atoms with Crippen LogP contribution in [0, 0.1) is 0 Å². The van der Waals surface area contributed by atoms with Gasteiger partial charge in [0.25, 0.3) is 11.8 Å². The molecular formula is C68H132F6N2O13. The van der Waals surface area contributed by atoms with E-state index >= 15 is 0 Å². The summed E-state index contributed by atoms with van der Waals surface area (Å²) >= 11 is 0. The lowest BCUT2D eigenvalue weighted by Crippen LogP contribution is -2.49. The summed E-state index contributed by atoms with van der Waals surface area (Å²) in [5.41, 5.74) is 1.26. The van der Waals surface area contributed by atoms with Crippen molar-refractivity contribution in [3.8, 4) is 0 Å². The van der Waals surface area contributed by atoms with Crippen molar-refractivity contribution in [3.63, 3.8) is 0 Å². The first-order valence-electron chi connectivity index (χ1n) is 52.3. The number of nitrogens with zero attached hydrogens (tertiary/aromatic N) is 2. The van der Waals surface area contributed by atoms with Crippen LogP contribution in [0.1, 0.15) is 222 Å². The number of carbonyl (C=O) groups excluding carboxylic acids is 5. The molecule has 4 aromatic rings. The normalized spacial score (nSPS) is 18.1. The molecule has 2 N–H and O–H groups in total. The minimum Gasteiger partial charge on any atom is -0.480 e. The summed E-state index contributed by atoms with van der Waals surface area (Å²) < 4.78 is 339. The van der Waals surface area contributed by atoms with E-state index in [4.69, 9.17) is 97.1 Å². The molecule has 2 amide bonds. The maximum atomic E-state index is 14.8. The van der Waals surface area contributed by atoms with E-state index in [1.54, 1.807) is 108 Å². The average Bonchev–Trinajstić information content (AvgIpc) is 0.834. The first-order chi connectivity index (χ1) is 64.2. The molecule has 0 spiro atoms. The van der Waals surface area contributed by atoms with E-state index in [0.29, 0.717) is 12.0 Å². The molecule has 2 aliphatic carbocycles. The number of benzene rings is 4. The number of aliphatic hydroxyl groups is 1. The second kappa shape index (κ2) is 32.2. The van der Waals surface area contributed by atoms with Crippen molar-refractivity contribution >= 4 is 47.2 Å². The minimum atomic E-state index is -2.70. The number of likely N-dealkylation sites (N-methyl/N-ethyl adjacent to an activating group) is 2. The van der Waals surface area contributed by atoms with Crippen molar-refractivity contribution in [1.29, 1.82) is 0 Å². The number of aliphatic carboxylic acids is 1. The third kappa shape index (κ3) is 27.3. The quantitative estimate of drug-likeness (QED) is 0.0455. The molecule has 0 aromatic heterocycles. The summed E-state index contributed by atoms with van der Waals surface area (Å²) in [6, 6.07) is 29.8. The molecule has 89 heavy (non-hydrogen) atoms. The average molecular weight is 1350 g/mol. The van der Waals surface area contributed by atoms with E-state index in [2.05, 4.69) is 0 Å². The SMILES string of the molecule is CN(C(=O)OC(C)(C)C)[C@@H](CC(C)(C)F)C(=O)O.CN(C(=O)OC(C)(C)C)[C@@H](CC(C)(C)F)C(=O)O[C@H](Cc1ccc(C2=CCC(F)(F)CC2)cc1)C(=O)OCc1ccccc1.O=C(OCc1ccccc1)[C@H](O)Cc1ccc(C2=CCC(F)(F)CC2)cc1.[2H][2H].[2H][2H].[2H][2H].[2H][2H].[2H][2H].[2H][2H].[2H][2H].[2H][2H].[2H][2H].[2H][2H].[2H][2H].[2H][2H].[2H][2H].[2H][2H].[2H][2H].[2H][2H].[2H][2H].[2H][2H].[2H][2H].[2H][2H].[2H][2H].[2H][2H].[2H][2H]. The van der Waals surface area contributed by atoms with Gasteiger partial charge in [-0.1, -0.05) is 121 Å². The summed E-state index contributed by atoms with van der Waals surface area (Å²) in [5, 5.41) is 19.1. The van der Waals surface area contributed by atoms with Crippen LogP contribution in [0.3, 0.4) is 0 Å². The number of rotatable bonds is 21. The Morgan fingerprint density at radius 3 is 1.27 bits per heavy atom. The summed E-state index contributed by atoms with van der Waals surface area (Å²) in [5.74, 6) is -9.03. The molecule has 0 saturated carbocycles. The van der Waals surface area contributed by atoms with Crippen molar-refractivity contribution in [1.82, 2.24) is 9.80 Å². The number of carboxylic acid groups (broad SMARTS) is 1. The van der Waals surface area contributed by atoms with Gasteiger partial charge in [0.15, 0.2) is 6.10 Å². The first-order valence-corrected chi connectivity index (χ1v) is 29.3. The Kier molecular flexibility index (Phi) is 16.5. The summed E-state index contributed by atoms with van der Waals surface area (Å²) in [6.45, 7) is 15.1. The molecule has 0 unspecified atom stereocenters. The number of hydrogen-bond donors (Lipinski definition) is 2. The zero-order chi connectivity index (χ0) is 113. The Morgan fingerprint density at radius 2 is 0.910 bits per heavy atom. The minimum absolute atomic E-state index is 0.0653. The maximum absolute atomic E-state index is 14.8. The van der Waals surface area contributed by atoms with E-state index in [1.807, 2.05) is 48.5 Å². The molecule has 21 heteroatoms. The van der Waals surface area contributed by atoms with Gasteiger partial charge in [0.1, 0.15) is 47.8 Å². The Labute approximate surface area is 589 Å². The number of allylic oxidation sites excluding steroid dienone is 4. The number of carboxylic acids is 1. The summed E-state index contributed by atoms with van der Waals surface area (Å²) in [6.07, 6.45) is -2.08. The van der Waals surface area contributed by atoms with Crippen LogP contribution in [0.2, 0.25) is 0 Å². The Bertz CT molecular complexity index is 3150. The van der Waals surface area contributed by atoms with Crippen molar-refractivity contribution < 1.29 is 157 Å². The van der Waals surface area contributed by atoms with E-state index < -0.39 is 101 Å². The van der Waals surface area contributed by atoms with Crippen molar-refractivity contribution in [2.75, 3.05) is 14.1 Å². The number of hydrogen-bond acceptors (Lipinski definition) is 12. The van der Waals surface area contributed by atoms with Crippen LogP contribution in [0.15, 0.2) is 121 Å². The second-order valence-electron chi connectivity index (χ2n) is 25.4. The van der Waals surface area contributed by atoms with E-state index in [-0.39, 0.29) is 64.6 Å². The molecule has 15 nitrogen and oxygen atoms in total. The Hall–Kier alpha value is -7.68. The van der Waals surface area contributed by atoms with Gasteiger partial charge >= 0.3 is 36.1 Å². The fourth-order valence-electron chi connectivity index (χ4n) is 8.99. The fourth-order valence-corrected chi connectivity index (χ4v) is 8.99. The summed E-state index contributed by atoms with van der Waals surface area (Å²) in [7, 11) is 2.60. The predicted molar refractivity (Wildman–Crippen MR) is 374 cm³/mol. The van der Waals surface area contributed by atoms with Crippen LogP contribution >= 0.6 is 0 Å². The number of amides is 2. The van der Waals surface area contributed by atoms with Crippen LogP contribution in [0.5, 0.6) is 0 Å². The van der Waals surface area contributed by atoms with E-state index in [1.165, 1.54) is 47.9 Å². The van der Waals surface area contributed by atoms with E-state index in [0.717, 1.165) is 48.8 Å². The molecule has 0 bridgehead atoms. The molecule has 0 saturated heterocycles. The van der Waals surface area contributed by atoms with Gasteiger partial charge in [0.05, 0.1) is 0 Å². The lowest BCUT2D eigenvalue weighted by Gasteiger charge is -2.32. The number of esters is 3. The number of aliphatic hydroxyl groups excluding tert-OH is 1. The van der Waals surface area contributed by atoms with Crippen LogP contribution in [0.4, 0.5) is 35.9 Å². The van der Waals surface area contributed by atoms with Crippen molar-refractivity contribution in [3.05, 3.63) is 155 Å². The zero-order valence-corrected chi connectivity index (χ0v) is 52.9. The Morgan fingerprint density at radius 1 is 0.539 bits per heavy atom. The van der Waals surface area contributed by atoms with Gasteiger partial charge in [-0.25, -0.2) is 55.1 Å². The molecule has 0 heterocycles. The summed E-state index contributed by atoms with van der Waals surface area (Å²) in [4.78, 5) is 76.2. The highest BCUT2D eigenvalue weighted by Crippen LogP contribution is 2.38. The molecule has 6 rings (SSSR count). The molecule has 0 radical (unpaired) electrons. The maximum Gasteiger partial charge on any atom is 0.410 e. The highest BCUT2D eigenvalue weighted by Gasteiger charge is 2.40. The molecule has 0 fully saturated rings. The molecular weight excluding hydrogens is 1170 g/mol. The zero-order valence-electron chi connectivity index (χ0n) is 98.9.